The van der Waals surface area contributed by atoms with E-state index in [4.69, 9.17) is 37.4 Å². The monoisotopic (exact) mass is 545 g/mol. The molecule has 1 amide bonds. The van der Waals surface area contributed by atoms with Crippen LogP contribution in [0, 0.1) is 0 Å². The fourth-order valence-corrected chi connectivity index (χ4v) is 3.84. The molecular formula is C30H37Cl2NO4. The predicted octanol–water partition coefficient (Wildman–Crippen LogP) is 7.56. The number of ether oxygens (including phenoxy) is 3. The number of amides is 1. The molecule has 0 bridgehead atoms. The van der Waals surface area contributed by atoms with E-state index in [1.807, 2.05) is 24.3 Å². The summed E-state index contributed by atoms with van der Waals surface area (Å²) in [5.74, 6) is 2.39. The van der Waals surface area contributed by atoms with Gasteiger partial charge in [-0.25, -0.2) is 0 Å². The highest BCUT2D eigenvalue weighted by molar-refractivity contribution is 6.55. The maximum absolute atomic E-state index is 12.6. The van der Waals surface area contributed by atoms with E-state index >= 15 is 0 Å². The SMILES string of the molecule is C=CCN(CC=C)C(=O)c1ccc(OCCCCOc2c(CC)cc(OCC=C(Cl)Cl)cc2CC)cc1. The van der Waals surface area contributed by atoms with E-state index in [1.54, 1.807) is 35.3 Å². The number of rotatable bonds is 17. The molecule has 0 radical (unpaired) electrons. The van der Waals surface area contributed by atoms with E-state index in [2.05, 4.69) is 27.0 Å². The molecule has 0 aliphatic rings. The Bertz CT molecular complexity index is 1010. The third kappa shape index (κ3) is 10.2. The van der Waals surface area contributed by atoms with Crippen LogP contribution in [-0.4, -0.2) is 43.7 Å². The van der Waals surface area contributed by atoms with Crippen molar-refractivity contribution in [2.45, 2.75) is 39.5 Å². The van der Waals surface area contributed by atoms with Crippen LogP contribution < -0.4 is 14.2 Å². The van der Waals surface area contributed by atoms with Crippen LogP contribution >= 0.6 is 23.2 Å². The minimum absolute atomic E-state index is 0.0579. The molecule has 0 aliphatic carbocycles. The number of hydrogen-bond donors (Lipinski definition) is 0. The molecular weight excluding hydrogens is 509 g/mol. The van der Waals surface area contributed by atoms with E-state index in [1.165, 1.54) is 0 Å². The first-order valence-corrected chi connectivity index (χ1v) is 13.3. The summed E-state index contributed by atoms with van der Waals surface area (Å²) >= 11 is 11.3. The predicted molar refractivity (Wildman–Crippen MR) is 153 cm³/mol. The van der Waals surface area contributed by atoms with Crippen LogP contribution in [0.5, 0.6) is 17.2 Å². The smallest absolute Gasteiger partial charge is 0.254 e. The Morgan fingerprint density at radius 1 is 0.865 bits per heavy atom. The van der Waals surface area contributed by atoms with Gasteiger partial charge < -0.3 is 19.1 Å². The van der Waals surface area contributed by atoms with Gasteiger partial charge in [0.05, 0.1) is 13.2 Å². The van der Waals surface area contributed by atoms with E-state index in [9.17, 15) is 4.79 Å². The summed E-state index contributed by atoms with van der Waals surface area (Å²) in [7, 11) is 0. The number of unbranched alkanes of at least 4 members (excludes halogenated alkanes) is 1. The highest BCUT2D eigenvalue weighted by atomic mass is 35.5. The Kier molecular flexibility index (Phi) is 13.8. The van der Waals surface area contributed by atoms with Gasteiger partial charge in [-0.1, -0.05) is 49.2 Å². The number of hydrogen-bond acceptors (Lipinski definition) is 4. The fourth-order valence-electron chi connectivity index (χ4n) is 3.71. The van der Waals surface area contributed by atoms with Crippen molar-refractivity contribution in [2.24, 2.45) is 0 Å². The molecule has 0 spiro atoms. The number of carbonyl (C=O) groups excluding carboxylic acids is 1. The van der Waals surface area contributed by atoms with Crippen LogP contribution in [0.1, 0.15) is 48.2 Å². The summed E-state index contributed by atoms with van der Waals surface area (Å²) in [6.45, 7) is 14.1. The lowest BCUT2D eigenvalue weighted by Gasteiger charge is -2.19. The molecule has 2 aromatic rings. The first-order chi connectivity index (χ1) is 17.9. The Morgan fingerprint density at radius 2 is 1.43 bits per heavy atom. The first-order valence-electron chi connectivity index (χ1n) is 12.6. The maximum Gasteiger partial charge on any atom is 0.254 e. The highest BCUT2D eigenvalue weighted by Crippen LogP contribution is 2.31. The van der Waals surface area contributed by atoms with Gasteiger partial charge in [0, 0.05) is 18.7 Å². The van der Waals surface area contributed by atoms with Gasteiger partial charge in [0.2, 0.25) is 0 Å². The van der Waals surface area contributed by atoms with Crippen LogP contribution in [-0.2, 0) is 12.8 Å². The normalized spacial score (nSPS) is 10.4. The molecule has 0 unspecified atom stereocenters. The second-order valence-electron chi connectivity index (χ2n) is 8.30. The van der Waals surface area contributed by atoms with Crippen LogP contribution in [0.4, 0.5) is 0 Å². The average Bonchev–Trinajstić information content (AvgIpc) is 2.90. The molecule has 7 heteroatoms. The summed E-state index contributed by atoms with van der Waals surface area (Å²) in [6.07, 6.45) is 8.41. The zero-order valence-corrected chi connectivity index (χ0v) is 23.3. The molecule has 0 saturated heterocycles. The molecule has 2 rings (SSSR count). The van der Waals surface area contributed by atoms with Gasteiger partial charge in [-0.15, -0.1) is 13.2 Å². The van der Waals surface area contributed by atoms with Crippen molar-refractivity contribution >= 4 is 29.1 Å². The largest absolute Gasteiger partial charge is 0.494 e. The number of benzene rings is 2. The van der Waals surface area contributed by atoms with Crippen molar-refractivity contribution in [3.63, 3.8) is 0 Å². The van der Waals surface area contributed by atoms with Crippen LogP contribution in [0.3, 0.4) is 0 Å². The van der Waals surface area contributed by atoms with E-state index < -0.39 is 0 Å². The minimum Gasteiger partial charge on any atom is -0.494 e. The van der Waals surface area contributed by atoms with Gasteiger partial charge in [-0.3, -0.25) is 4.79 Å². The van der Waals surface area contributed by atoms with Crippen molar-refractivity contribution in [1.82, 2.24) is 4.90 Å². The van der Waals surface area contributed by atoms with E-state index in [0.717, 1.165) is 54.1 Å². The van der Waals surface area contributed by atoms with Crippen LogP contribution in [0.25, 0.3) is 0 Å². The molecule has 0 fully saturated rings. The fraction of sp³-hybridized carbons (Fsp3) is 0.367. The van der Waals surface area contributed by atoms with Crippen molar-refractivity contribution < 1.29 is 19.0 Å². The lowest BCUT2D eigenvalue weighted by atomic mass is 10.0. The molecule has 0 N–H and O–H groups in total. The third-order valence-corrected chi connectivity index (χ3v) is 5.92. The van der Waals surface area contributed by atoms with Crippen LogP contribution in [0.15, 0.2) is 72.3 Å². The van der Waals surface area contributed by atoms with Crippen molar-refractivity contribution in [3.05, 3.63) is 89.0 Å². The summed E-state index contributed by atoms with van der Waals surface area (Å²) in [5, 5.41) is 0. The first kappa shape index (κ1) is 30.3. The Labute approximate surface area is 231 Å². The maximum atomic E-state index is 12.6. The summed E-state index contributed by atoms with van der Waals surface area (Å²) in [5.41, 5.74) is 2.83. The van der Waals surface area contributed by atoms with Gasteiger partial charge in [0.25, 0.3) is 5.91 Å². The molecule has 0 saturated carbocycles. The standard InChI is InChI=1S/C30H37Cl2NO4/c1-5-16-33(17-6-2)30(34)25-11-13-26(14-12-25)35-18-9-10-19-37-29-23(7-3)21-27(22-24(29)8-4)36-20-15-28(31)32/h5-6,11-15,21-22H,1-2,7-10,16-20H2,3-4H3. The molecule has 0 heterocycles. The number of aryl methyl sites for hydroxylation is 2. The molecule has 200 valence electrons. The summed E-state index contributed by atoms with van der Waals surface area (Å²) in [4.78, 5) is 14.3. The molecule has 2 aromatic carbocycles. The van der Waals surface area contributed by atoms with E-state index in [0.29, 0.717) is 38.5 Å². The zero-order chi connectivity index (χ0) is 27.0. The molecule has 0 atom stereocenters. The van der Waals surface area contributed by atoms with Gasteiger partial charge in [0.1, 0.15) is 28.3 Å². The molecule has 0 aliphatic heterocycles. The molecule has 0 aromatic heterocycles. The van der Waals surface area contributed by atoms with Crippen molar-refractivity contribution in [2.75, 3.05) is 32.9 Å². The second-order valence-corrected chi connectivity index (χ2v) is 9.31. The number of carbonyl (C=O) groups is 1. The Morgan fingerprint density at radius 3 is 1.95 bits per heavy atom. The Hall–Kier alpha value is -2.89. The van der Waals surface area contributed by atoms with Gasteiger partial charge in [-0.2, -0.15) is 0 Å². The number of halogens is 2. The second kappa shape index (κ2) is 16.8. The summed E-state index contributed by atoms with van der Waals surface area (Å²) < 4.78 is 18.0. The van der Waals surface area contributed by atoms with Crippen molar-refractivity contribution in [3.8, 4) is 17.2 Å². The van der Waals surface area contributed by atoms with Gasteiger partial charge in [0.15, 0.2) is 0 Å². The van der Waals surface area contributed by atoms with Gasteiger partial charge in [-0.05, 0) is 79.3 Å². The molecule has 37 heavy (non-hydrogen) atoms. The third-order valence-electron chi connectivity index (χ3n) is 5.61. The lowest BCUT2D eigenvalue weighted by Crippen LogP contribution is -2.31. The van der Waals surface area contributed by atoms with Gasteiger partial charge >= 0.3 is 0 Å². The average molecular weight is 547 g/mol. The molecule has 5 nitrogen and oxygen atoms in total. The zero-order valence-electron chi connectivity index (χ0n) is 21.8. The van der Waals surface area contributed by atoms with Crippen molar-refractivity contribution in [1.29, 1.82) is 0 Å². The van der Waals surface area contributed by atoms with E-state index in [-0.39, 0.29) is 10.4 Å². The number of nitrogens with zero attached hydrogens (tertiary/aromatic N) is 1. The lowest BCUT2D eigenvalue weighted by molar-refractivity contribution is 0.0791. The topological polar surface area (TPSA) is 48.0 Å². The summed E-state index contributed by atoms with van der Waals surface area (Å²) in [6, 6.07) is 11.2. The van der Waals surface area contributed by atoms with Crippen LogP contribution in [0.2, 0.25) is 0 Å². The minimum atomic E-state index is -0.0579. The Balaban J connectivity index is 1.83. The quantitative estimate of drug-likeness (QED) is 0.152. The highest BCUT2D eigenvalue weighted by Gasteiger charge is 2.14.